The van der Waals surface area contributed by atoms with Crippen molar-refractivity contribution in [3.8, 4) is 6.07 Å². The van der Waals surface area contributed by atoms with Gasteiger partial charge in [-0.15, -0.1) is 11.3 Å². The van der Waals surface area contributed by atoms with E-state index >= 15 is 0 Å². The minimum absolute atomic E-state index is 0.319. The Hall–Kier alpha value is -1.92. The zero-order chi connectivity index (χ0) is 17.3. The van der Waals surface area contributed by atoms with E-state index < -0.39 is 0 Å². The molecule has 0 spiro atoms. The molecular weight excluding hydrogens is 312 g/mol. The number of aliphatic imine (C=N–C) groups is 1. The molecule has 0 saturated heterocycles. The molecule has 0 bridgehead atoms. The molecule has 0 N–H and O–H groups in total. The van der Waals surface area contributed by atoms with Crippen LogP contribution in [0.2, 0.25) is 0 Å². The molecule has 0 amide bonds. The van der Waals surface area contributed by atoms with Crippen molar-refractivity contribution in [1.82, 2.24) is 0 Å². The third-order valence-corrected chi connectivity index (χ3v) is 6.15. The molecule has 3 rings (SSSR count). The number of aryl methyl sites for hydroxylation is 1. The molecule has 1 aromatic carbocycles. The molecule has 0 aliphatic heterocycles. The molecule has 124 valence electrons. The number of hydrogen-bond donors (Lipinski definition) is 0. The number of fused-ring (bicyclic) bond motifs is 1. The predicted molar refractivity (Wildman–Crippen MR) is 102 cm³/mol. The first-order valence-electron chi connectivity index (χ1n) is 8.54. The number of thiophene rings is 1. The smallest absolute Gasteiger partial charge is 0.134 e. The fraction of sp³-hybridized carbons (Fsp3) is 0.429. The third kappa shape index (κ3) is 3.44. The molecule has 1 aliphatic carbocycles. The van der Waals surface area contributed by atoms with Gasteiger partial charge in [-0.25, -0.2) is 4.99 Å². The summed E-state index contributed by atoms with van der Waals surface area (Å²) in [7, 11) is 0. The van der Waals surface area contributed by atoms with E-state index in [1.54, 1.807) is 11.3 Å². The monoisotopic (exact) mass is 336 g/mol. The van der Waals surface area contributed by atoms with Gasteiger partial charge in [0.2, 0.25) is 0 Å². The lowest BCUT2D eigenvalue weighted by atomic mass is 9.72. The van der Waals surface area contributed by atoms with E-state index in [4.69, 9.17) is 0 Å². The molecule has 2 aromatic rings. The second kappa shape index (κ2) is 6.53. The van der Waals surface area contributed by atoms with Gasteiger partial charge in [0.25, 0.3) is 0 Å². The Morgan fingerprint density at radius 1 is 1.25 bits per heavy atom. The number of hydrogen-bond acceptors (Lipinski definition) is 3. The fourth-order valence-corrected chi connectivity index (χ4v) is 4.52. The molecule has 0 radical (unpaired) electrons. The summed E-state index contributed by atoms with van der Waals surface area (Å²) in [6, 6.07) is 10.7. The van der Waals surface area contributed by atoms with Gasteiger partial charge < -0.3 is 0 Å². The zero-order valence-corrected chi connectivity index (χ0v) is 15.7. The average molecular weight is 337 g/mol. The first-order valence-corrected chi connectivity index (χ1v) is 9.35. The summed E-state index contributed by atoms with van der Waals surface area (Å²) in [5.74, 6) is 0.684. The molecule has 1 heterocycles. The summed E-state index contributed by atoms with van der Waals surface area (Å²) >= 11 is 1.71. The Bertz CT molecular complexity index is 798. The average Bonchev–Trinajstić information content (AvgIpc) is 2.90. The van der Waals surface area contributed by atoms with Gasteiger partial charge >= 0.3 is 0 Å². The van der Waals surface area contributed by atoms with Crippen molar-refractivity contribution in [2.24, 2.45) is 16.3 Å². The lowest BCUT2D eigenvalue weighted by molar-refractivity contribution is 0.218. The quantitative estimate of drug-likeness (QED) is 0.636. The van der Waals surface area contributed by atoms with Crippen LogP contribution >= 0.6 is 11.3 Å². The van der Waals surface area contributed by atoms with Crippen molar-refractivity contribution < 1.29 is 0 Å². The second-order valence-corrected chi connectivity index (χ2v) is 8.85. The number of nitrogens with zero attached hydrogens (tertiary/aromatic N) is 2. The first-order chi connectivity index (χ1) is 11.4. The Balaban J connectivity index is 1.89. The number of rotatable bonds is 2. The van der Waals surface area contributed by atoms with Gasteiger partial charge in [0.15, 0.2) is 0 Å². The summed E-state index contributed by atoms with van der Waals surface area (Å²) in [6.45, 7) is 9.03. The maximum Gasteiger partial charge on any atom is 0.134 e. The Morgan fingerprint density at radius 3 is 2.58 bits per heavy atom. The van der Waals surface area contributed by atoms with Gasteiger partial charge in [-0.05, 0) is 48.6 Å². The van der Waals surface area contributed by atoms with Crippen LogP contribution in [0.5, 0.6) is 0 Å². The minimum atomic E-state index is 0.319. The van der Waals surface area contributed by atoms with Crippen molar-refractivity contribution >= 4 is 22.6 Å². The van der Waals surface area contributed by atoms with Gasteiger partial charge in [0, 0.05) is 11.1 Å². The maximum absolute atomic E-state index is 9.61. The number of nitriles is 1. The molecule has 0 saturated carbocycles. The van der Waals surface area contributed by atoms with E-state index in [2.05, 4.69) is 63.0 Å². The molecule has 1 aromatic heterocycles. The summed E-state index contributed by atoms with van der Waals surface area (Å²) in [4.78, 5) is 6.01. The van der Waals surface area contributed by atoms with Crippen LogP contribution in [0.4, 0.5) is 5.00 Å². The van der Waals surface area contributed by atoms with Gasteiger partial charge in [0.1, 0.15) is 11.1 Å². The maximum atomic E-state index is 9.61. The highest BCUT2D eigenvalue weighted by Crippen LogP contribution is 2.44. The molecule has 1 unspecified atom stereocenters. The SMILES string of the molecule is Cc1ccc(/C=N/c2sc3c(c2C#N)CCC(C(C)(C)C)C3)cc1. The van der Waals surface area contributed by atoms with Crippen molar-refractivity contribution in [1.29, 1.82) is 5.26 Å². The van der Waals surface area contributed by atoms with Crippen LogP contribution < -0.4 is 0 Å². The van der Waals surface area contributed by atoms with Gasteiger partial charge in [-0.2, -0.15) is 5.26 Å². The van der Waals surface area contributed by atoms with E-state index in [1.807, 2.05) is 6.21 Å². The summed E-state index contributed by atoms with van der Waals surface area (Å²) in [5, 5.41) is 10.5. The topological polar surface area (TPSA) is 36.1 Å². The first kappa shape index (κ1) is 16.9. The third-order valence-electron chi connectivity index (χ3n) is 4.99. The second-order valence-electron chi connectivity index (χ2n) is 7.77. The van der Waals surface area contributed by atoms with Crippen LogP contribution in [-0.4, -0.2) is 6.21 Å². The molecular formula is C21H24N2S. The van der Waals surface area contributed by atoms with Gasteiger partial charge in [-0.1, -0.05) is 50.6 Å². The van der Waals surface area contributed by atoms with Crippen molar-refractivity contribution in [3.05, 3.63) is 51.4 Å². The highest BCUT2D eigenvalue weighted by Gasteiger charge is 2.32. The Kier molecular flexibility index (Phi) is 4.60. The molecule has 1 aliphatic rings. The van der Waals surface area contributed by atoms with E-state index in [1.165, 1.54) is 22.4 Å². The van der Waals surface area contributed by atoms with Crippen LogP contribution in [0.25, 0.3) is 0 Å². The Morgan fingerprint density at radius 2 is 1.96 bits per heavy atom. The lowest BCUT2D eigenvalue weighted by Crippen LogP contribution is -2.26. The van der Waals surface area contributed by atoms with Gasteiger partial charge in [-0.3, -0.25) is 0 Å². The van der Waals surface area contributed by atoms with Crippen LogP contribution in [0.15, 0.2) is 29.3 Å². The van der Waals surface area contributed by atoms with Crippen molar-refractivity contribution in [2.75, 3.05) is 0 Å². The highest BCUT2D eigenvalue weighted by molar-refractivity contribution is 7.16. The molecule has 24 heavy (non-hydrogen) atoms. The Labute approximate surface area is 148 Å². The number of benzene rings is 1. The fourth-order valence-electron chi connectivity index (χ4n) is 3.30. The van der Waals surface area contributed by atoms with Crippen molar-refractivity contribution in [2.45, 2.75) is 47.0 Å². The summed E-state index contributed by atoms with van der Waals surface area (Å²) in [5.41, 5.74) is 4.68. The van der Waals surface area contributed by atoms with E-state index in [0.717, 1.165) is 29.0 Å². The molecule has 0 fully saturated rings. The molecule has 1 atom stereocenters. The van der Waals surface area contributed by atoms with Crippen LogP contribution in [0, 0.1) is 29.6 Å². The predicted octanol–water partition coefficient (Wildman–Crippen LogP) is 5.83. The lowest BCUT2D eigenvalue weighted by Gasteiger charge is -2.33. The molecule has 2 nitrogen and oxygen atoms in total. The standard InChI is InChI=1S/C21H24N2S/c1-14-5-7-15(8-6-14)13-23-20-18(12-22)17-10-9-16(21(2,3)4)11-19(17)24-20/h5-8,13,16H,9-11H2,1-4H3/b23-13+. The van der Waals surface area contributed by atoms with Crippen molar-refractivity contribution in [3.63, 3.8) is 0 Å². The van der Waals surface area contributed by atoms with Crippen LogP contribution in [-0.2, 0) is 12.8 Å². The largest absolute Gasteiger partial charge is 0.244 e. The molecule has 3 heteroatoms. The highest BCUT2D eigenvalue weighted by atomic mass is 32.1. The van der Waals surface area contributed by atoms with E-state index in [9.17, 15) is 5.26 Å². The normalized spacial score (nSPS) is 17.7. The summed E-state index contributed by atoms with van der Waals surface area (Å²) < 4.78 is 0. The zero-order valence-electron chi connectivity index (χ0n) is 14.9. The minimum Gasteiger partial charge on any atom is -0.244 e. The summed E-state index contributed by atoms with van der Waals surface area (Å²) in [6.07, 6.45) is 5.14. The van der Waals surface area contributed by atoms with Gasteiger partial charge in [0.05, 0.1) is 5.56 Å². The van der Waals surface area contributed by atoms with Crippen LogP contribution in [0.3, 0.4) is 0 Å². The van der Waals surface area contributed by atoms with E-state index in [0.29, 0.717) is 11.3 Å². The van der Waals surface area contributed by atoms with Crippen LogP contribution in [0.1, 0.15) is 54.3 Å². The van der Waals surface area contributed by atoms with E-state index in [-0.39, 0.29) is 0 Å².